The molecular weight excluding hydrogens is 430 g/mol. The zero-order chi connectivity index (χ0) is 21.5. The first-order valence-corrected chi connectivity index (χ1v) is 11.4. The third-order valence-electron chi connectivity index (χ3n) is 5.18. The standard InChI is InChI=1S/C19H20ClN5O4S/c1-13-12-30(28,29)25(17(13)26)14-3-4-16(20)15(11-14)18(27)23-7-9-24(10-8-23)19-21-5-2-6-22-19/h2-6,11,13H,7-10,12H2,1H3. The summed E-state index contributed by atoms with van der Waals surface area (Å²) in [6.45, 7) is 3.57. The van der Waals surface area contributed by atoms with E-state index in [4.69, 9.17) is 11.6 Å². The van der Waals surface area contributed by atoms with Crippen LogP contribution in [0.15, 0.2) is 36.7 Å². The van der Waals surface area contributed by atoms with Crippen molar-refractivity contribution in [3.63, 3.8) is 0 Å². The van der Waals surface area contributed by atoms with Gasteiger partial charge >= 0.3 is 0 Å². The predicted octanol–water partition coefficient (Wildman–Crippen LogP) is 1.40. The molecule has 4 rings (SSSR count). The van der Waals surface area contributed by atoms with E-state index < -0.39 is 21.8 Å². The fraction of sp³-hybridized carbons (Fsp3) is 0.368. The Bertz CT molecular complexity index is 1090. The van der Waals surface area contributed by atoms with Crippen LogP contribution in [0.5, 0.6) is 0 Å². The molecule has 0 N–H and O–H groups in total. The van der Waals surface area contributed by atoms with Gasteiger partial charge in [-0.2, -0.15) is 0 Å². The van der Waals surface area contributed by atoms with Gasteiger partial charge in [-0.05, 0) is 24.3 Å². The lowest BCUT2D eigenvalue weighted by Gasteiger charge is -2.35. The molecule has 1 aromatic carbocycles. The fourth-order valence-electron chi connectivity index (χ4n) is 3.62. The third kappa shape index (κ3) is 3.72. The van der Waals surface area contributed by atoms with E-state index in [9.17, 15) is 18.0 Å². The van der Waals surface area contributed by atoms with Crippen molar-refractivity contribution in [2.45, 2.75) is 6.92 Å². The van der Waals surface area contributed by atoms with Crippen LogP contribution in [0.3, 0.4) is 0 Å². The van der Waals surface area contributed by atoms with Crippen LogP contribution in [0.2, 0.25) is 5.02 Å². The van der Waals surface area contributed by atoms with E-state index in [0.29, 0.717) is 32.1 Å². The number of halogens is 1. The van der Waals surface area contributed by atoms with Crippen molar-refractivity contribution in [3.8, 4) is 0 Å². The number of anilines is 2. The number of nitrogens with zero attached hydrogens (tertiary/aromatic N) is 5. The lowest BCUT2D eigenvalue weighted by Crippen LogP contribution is -2.49. The second-order valence-electron chi connectivity index (χ2n) is 7.27. The average Bonchev–Trinajstić information content (AvgIpc) is 2.95. The number of hydrogen-bond donors (Lipinski definition) is 0. The molecule has 0 bridgehead atoms. The Morgan fingerprint density at radius 1 is 1.13 bits per heavy atom. The van der Waals surface area contributed by atoms with Crippen molar-refractivity contribution in [2.24, 2.45) is 5.92 Å². The molecule has 2 saturated heterocycles. The number of benzene rings is 1. The molecule has 0 radical (unpaired) electrons. The highest BCUT2D eigenvalue weighted by atomic mass is 35.5. The maximum Gasteiger partial charge on any atom is 0.255 e. The zero-order valence-electron chi connectivity index (χ0n) is 16.2. The largest absolute Gasteiger partial charge is 0.337 e. The van der Waals surface area contributed by atoms with Crippen LogP contribution in [0, 0.1) is 5.92 Å². The lowest BCUT2D eigenvalue weighted by atomic mass is 10.1. The summed E-state index contributed by atoms with van der Waals surface area (Å²) in [4.78, 5) is 37.5. The second-order valence-corrected chi connectivity index (χ2v) is 9.54. The smallest absolute Gasteiger partial charge is 0.255 e. The predicted molar refractivity (Wildman–Crippen MR) is 112 cm³/mol. The van der Waals surface area contributed by atoms with Gasteiger partial charge in [0.25, 0.3) is 5.91 Å². The molecule has 0 aliphatic carbocycles. The number of aromatic nitrogens is 2. The molecule has 2 fully saturated rings. The molecule has 9 nitrogen and oxygen atoms in total. The van der Waals surface area contributed by atoms with Crippen LogP contribution in [0.25, 0.3) is 0 Å². The van der Waals surface area contributed by atoms with Gasteiger partial charge in [0.2, 0.25) is 21.9 Å². The van der Waals surface area contributed by atoms with E-state index in [-0.39, 0.29) is 27.9 Å². The van der Waals surface area contributed by atoms with Gasteiger partial charge in [0.05, 0.1) is 27.9 Å². The molecular formula is C19H20ClN5O4S. The summed E-state index contributed by atoms with van der Waals surface area (Å²) in [6, 6.07) is 6.01. The summed E-state index contributed by atoms with van der Waals surface area (Å²) in [5.41, 5.74) is 0.301. The highest BCUT2D eigenvalue weighted by Crippen LogP contribution is 2.31. The van der Waals surface area contributed by atoms with Crippen molar-refractivity contribution in [3.05, 3.63) is 47.2 Å². The number of hydrogen-bond acceptors (Lipinski definition) is 7. The van der Waals surface area contributed by atoms with Gasteiger partial charge in [0, 0.05) is 38.6 Å². The molecule has 11 heteroatoms. The molecule has 2 aromatic rings. The maximum absolute atomic E-state index is 13.1. The van der Waals surface area contributed by atoms with Gasteiger partial charge in [-0.25, -0.2) is 22.7 Å². The van der Waals surface area contributed by atoms with Crippen LogP contribution in [-0.2, 0) is 14.8 Å². The van der Waals surface area contributed by atoms with Crippen molar-refractivity contribution in [2.75, 3.05) is 41.1 Å². The Morgan fingerprint density at radius 3 is 2.40 bits per heavy atom. The minimum atomic E-state index is -3.76. The Morgan fingerprint density at radius 2 is 1.80 bits per heavy atom. The van der Waals surface area contributed by atoms with Gasteiger partial charge in [0.15, 0.2) is 0 Å². The van der Waals surface area contributed by atoms with Gasteiger partial charge in [-0.3, -0.25) is 9.59 Å². The third-order valence-corrected chi connectivity index (χ3v) is 7.38. The number of amides is 2. The zero-order valence-corrected chi connectivity index (χ0v) is 17.8. The summed E-state index contributed by atoms with van der Waals surface area (Å²) in [7, 11) is -3.76. The summed E-state index contributed by atoms with van der Waals surface area (Å²) in [5.74, 6) is -1.09. The molecule has 0 saturated carbocycles. The number of sulfonamides is 1. The van der Waals surface area contributed by atoms with E-state index in [1.54, 1.807) is 30.3 Å². The molecule has 1 unspecified atom stereocenters. The van der Waals surface area contributed by atoms with Crippen LogP contribution >= 0.6 is 11.6 Å². The highest BCUT2D eigenvalue weighted by Gasteiger charge is 2.42. The summed E-state index contributed by atoms with van der Waals surface area (Å²) in [5, 5.41) is 0.203. The monoisotopic (exact) mass is 449 g/mol. The van der Waals surface area contributed by atoms with Gasteiger partial charge in [-0.15, -0.1) is 0 Å². The number of carbonyl (C=O) groups excluding carboxylic acids is 2. The van der Waals surface area contributed by atoms with E-state index in [1.807, 2.05) is 4.90 Å². The molecule has 3 heterocycles. The van der Waals surface area contributed by atoms with E-state index in [2.05, 4.69) is 9.97 Å². The van der Waals surface area contributed by atoms with E-state index in [1.165, 1.54) is 18.2 Å². The molecule has 1 atom stereocenters. The van der Waals surface area contributed by atoms with E-state index >= 15 is 0 Å². The minimum Gasteiger partial charge on any atom is -0.337 e. The Balaban J connectivity index is 1.54. The summed E-state index contributed by atoms with van der Waals surface area (Å²) >= 11 is 6.25. The summed E-state index contributed by atoms with van der Waals surface area (Å²) < 4.78 is 25.5. The SMILES string of the molecule is CC1CS(=O)(=O)N(c2ccc(Cl)c(C(=O)N3CCN(c4ncccn4)CC3)c2)C1=O. The first-order chi connectivity index (χ1) is 14.3. The number of rotatable bonds is 3. The molecule has 158 valence electrons. The quantitative estimate of drug-likeness (QED) is 0.697. The molecule has 1 aromatic heterocycles. The van der Waals surface area contributed by atoms with Gasteiger partial charge < -0.3 is 9.80 Å². The molecule has 2 aliphatic heterocycles. The first-order valence-electron chi connectivity index (χ1n) is 9.45. The first kappa shape index (κ1) is 20.5. The van der Waals surface area contributed by atoms with Gasteiger partial charge in [0.1, 0.15) is 0 Å². The van der Waals surface area contributed by atoms with Crippen molar-refractivity contribution < 1.29 is 18.0 Å². The Kier molecular flexibility index (Phi) is 5.37. The van der Waals surface area contributed by atoms with Crippen LogP contribution in [0.1, 0.15) is 17.3 Å². The van der Waals surface area contributed by atoms with Crippen molar-refractivity contribution >= 4 is 45.1 Å². The van der Waals surface area contributed by atoms with Crippen molar-refractivity contribution in [1.29, 1.82) is 0 Å². The van der Waals surface area contributed by atoms with Crippen LogP contribution < -0.4 is 9.21 Å². The summed E-state index contributed by atoms with van der Waals surface area (Å²) in [6.07, 6.45) is 3.33. The maximum atomic E-state index is 13.1. The van der Waals surface area contributed by atoms with E-state index in [0.717, 1.165) is 4.31 Å². The normalized spacial score (nSPS) is 21.2. The second kappa shape index (κ2) is 7.84. The number of carbonyl (C=O) groups is 2. The molecule has 30 heavy (non-hydrogen) atoms. The Labute approximate surface area is 179 Å². The topological polar surface area (TPSA) is 104 Å². The lowest BCUT2D eigenvalue weighted by molar-refractivity contribution is -0.119. The van der Waals surface area contributed by atoms with Crippen LogP contribution in [0.4, 0.5) is 11.6 Å². The van der Waals surface area contributed by atoms with Crippen molar-refractivity contribution in [1.82, 2.24) is 14.9 Å². The fourth-order valence-corrected chi connectivity index (χ4v) is 5.64. The average molecular weight is 450 g/mol. The number of piperazine rings is 1. The Hall–Kier alpha value is -2.72. The van der Waals surface area contributed by atoms with Crippen LogP contribution in [-0.4, -0.2) is 67.0 Å². The highest BCUT2D eigenvalue weighted by molar-refractivity contribution is 7.94. The van der Waals surface area contributed by atoms with Gasteiger partial charge in [-0.1, -0.05) is 18.5 Å². The molecule has 2 amide bonds. The molecule has 0 spiro atoms. The molecule has 2 aliphatic rings. The minimum absolute atomic E-state index is 0.133.